The van der Waals surface area contributed by atoms with Crippen LogP contribution in [0, 0.1) is 0 Å². The van der Waals surface area contributed by atoms with Gasteiger partial charge in [-0.2, -0.15) is 0 Å². The van der Waals surface area contributed by atoms with Crippen molar-refractivity contribution in [1.29, 1.82) is 0 Å². The van der Waals surface area contributed by atoms with Crippen molar-refractivity contribution in [3.63, 3.8) is 0 Å². The lowest BCUT2D eigenvalue weighted by molar-refractivity contribution is -0.690. The SMILES string of the molecule is CCn1c[n+](CC)c(Cl)c1Cl. The highest BCUT2D eigenvalue weighted by Crippen LogP contribution is 2.17. The van der Waals surface area contributed by atoms with E-state index in [4.69, 9.17) is 23.2 Å². The van der Waals surface area contributed by atoms with Crippen molar-refractivity contribution in [3.05, 3.63) is 16.6 Å². The van der Waals surface area contributed by atoms with Gasteiger partial charge in [0.05, 0.1) is 13.1 Å². The standard InChI is InChI=1S/C7H11Cl2N2/c1-3-10-5-11(4-2)7(9)6(10)8/h5H,3-4H2,1-2H3/q+1. The molecule has 1 heterocycles. The molecule has 0 N–H and O–H groups in total. The molecule has 11 heavy (non-hydrogen) atoms. The fourth-order valence-corrected chi connectivity index (χ4v) is 1.49. The Kier molecular flexibility index (Phi) is 2.79. The van der Waals surface area contributed by atoms with E-state index < -0.39 is 0 Å². The summed E-state index contributed by atoms with van der Waals surface area (Å²) in [5.41, 5.74) is 0. The highest BCUT2D eigenvalue weighted by atomic mass is 35.5. The van der Waals surface area contributed by atoms with Gasteiger partial charge in [-0.25, -0.2) is 9.13 Å². The van der Waals surface area contributed by atoms with Crippen LogP contribution < -0.4 is 4.57 Å². The molecular weight excluding hydrogens is 183 g/mol. The predicted octanol–water partition coefficient (Wildman–Crippen LogP) is 2.12. The summed E-state index contributed by atoms with van der Waals surface area (Å²) in [7, 11) is 0. The van der Waals surface area contributed by atoms with Crippen LogP contribution in [0.25, 0.3) is 0 Å². The average Bonchev–Trinajstić information content (AvgIpc) is 2.30. The summed E-state index contributed by atoms with van der Waals surface area (Å²) in [4.78, 5) is 0. The molecule has 1 aromatic rings. The Hall–Kier alpha value is -0.210. The van der Waals surface area contributed by atoms with Crippen molar-refractivity contribution in [2.75, 3.05) is 0 Å². The lowest BCUT2D eigenvalue weighted by Crippen LogP contribution is -2.30. The van der Waals surface area contributed by atoms with E-state index in [0.29, 0.717) is 10.3 Å². The second-order valence-electron chi connectivity index (χ2n) is 2.27. The summed E-state index contributed by atoms with van der Waals surface area (Å²) in [6.07, 6.45) is 1.92. The van der Waals surface area contributed by atoms with Crippen LogP contribution in [0.3, 0.4) is 0 Å². The van der Waals surface area contributed by atoms with E-state index in [1.165, 1.54) is 0 Å². The topological polar surface area (TPSA) is 8.81 Å². The molecule has 0 unspecified atom stereocenters. The zero-order chi connectivity index (χ0) is 8.43. The number of aromatic nitrogens is 2. The molecule has 0 spiro atoms. The normalized spacial score (nSPS) is 10.5. The van der Waals surface area contributed by atoms with Gasteiger partial charge in [-0.05, 0) is 37.0 Å². The molecular formula is C7H11Cl2N2+. The van der Waals surface area contributed by atoms with E-state index in [-0.39, 0.29) is 0 Å². The summed E-state index contributed by atoms with van der Waals surface area (Å²) < 4.78 is 3.82. The van der Waals surface area contributed by atoms with Gasteiger partial charge in [0.2, 0.25) is 6.33 Å². The summed E-state index contributed by atoms with van der Waals surface area (Å²) in [5.74, 6) is 0. The maximum absolute atomic E-state index is 5.90. The smallest absolute Gasteiger partial charge is 0.219 e. The van der Waals surface area contributed by atoms with Crippen molar-refractivity contribution >= 4 is 23.2 Å². The van der Waals surface area contributed by atoms with Gasteiger partial charge in [0.15, 0.2) is 0 Å². The molecule has 62 valence electrons. The van der Waals surface area contributed by atoms with Crippen LogP contribution in [0.15, 0.2) is 6.33 Å². The quantitative estimate of drug-likeness (QED) is 0.637. The summed E-state index contributed by atoms with van der Waals surface area (Å²) in [6, 6.07) is 0. The second-order valence-corrected chi connectivity index (χ2v) is 2.99. The Labute approximate surface area is 76.3 Å². The van der Waals surface area contributed by atoms with Crippen molar-refractivity contribution in [1.82, 2.24) is 4.57 Å². The number of imidazole rings is 1. The van der Waals surface area contributed by atoms with Crippen LogP contribution in [0.4, 0.5) is 0 Å². The number of halogens is 2. The first kappa shape index (κ1) is 8.88. The third kappa shape index (κ3) is 1.52. The Morgan fingerprint density at radius 3 is 2.36 bits per heavy atom. The molecule has 1 rings (SSSR count). The Balaban J connectivity index is 3.12. The van der Waals surface area contributed by atoms with Crippen molar-refractivity contribution in [3.8, 4) is 0 Å². The van der Waals surface area contributed by atoms with E-state index in [9.17, 15) is 0 Å². The molecule has 1 aromatic heterocycles. The van der Waals surface area contributed by atoms with Crippen LogP contribution in [-0.2, 0) is 13.1 Å². The lowest BCUT2D eigenvalue weighted by atomic mass is 10.7. The number of aryl methyl sites for hydroxylation is 2. The number of hydrogen-bond donors (Lipinski definition) is 0. The first-order chi connectivity index (χ1) is 5.20. The predicted molar refractivity (Wildman–Crippen MR) is 46.0 cm³/mol. The molecule has 2 nitrogen and oxygen atoms in total. The van der Waals surface area contributed by atoms with E-state index in [2.05, 4.69) is 0 Å². The molecule has 0 atom stereocenters. The van der Waals surface area contributed by atoms with Gasteiger partial charge in [-0.15, -0.1) is 0 Å². The fraction of sp³-hybridized carbons (Fsp3) is 0.571. The van der Waals surface area contributed by atoms with Gasteiger partial charge in [-0.3, -0.25) is 0 Å². The molecule has 0 fully saturated rings. The summed E-state index contributed by atoms with van der Waals surface area (Å²) >= 11 is 11.8. The highest BCUT2D eigenvalue weighted by Gasteiger charge is 2.16. The Bertz CT molecular complexity index is 231. The summed E-state index contributed by atoms with van der Waals surface area (Å²) in [6.45, 7) is 5.77. The number of rotatable bonds is 2. The van der Waals surface area contributed by atoms with Crippen LogP contribution >= 0.6 is 23.2 Å². The summed E-state index contributed by atoms with van der Waals surface area (Å²) in [5, 5.41) is 1.24. The third-order valence-corrected chi connectivity index (χ3v) is 2.52. The minimum Gasteiger partial charge on any atom is -0.219 e. The van der Waals surface area contributed by atoms with E-state index in [1.54, 1.807) is 0 Å². The maximum atomic E-state index is 5.90. The first-order valence-electron chi connectivity index (χ1n) is 3.64. The zero-order valence-corrected chi connectivity index (χ0v) is 8.15. The zero-order valence-electron chi connectivity index (χ0n) is 6.64. The van der Waals surface area contributed by atoms with Gasteiger partial charge in [0.25, 0.3) is 10.3 Å². The van der Waals surface area contributed by atoms with Crippen molar-refractivity contribution in [2.45, 2.75) is 26.9 Å². The van der Waals surface area contributed by atoms with Crippen LogP contribution in [0.2, 0.25) is 10.3 Å². The van der Waals surface area contributed by atoms with Crippen molar-refractivity contribution < 1.29 is 4.57 Å². The van der Waals surface area contributed by atoms with E-state index >= 15 is 0 Å². The fourth-order valence-electron chi connectivity index (χ4n) is 0.948. The molecule has 0 aliphatic heterocycles. The van der Waals surface area contributed by atoms with Gasteiger partial charge in [-0.1, -0.05) is 0 Å². The monoisotopic (exact) mass is 193 g/mol. The molecule has 0 aromatic carbocycles. The van der Waals surface area contributed by atoms with Gasteiger partial charge >= 0.3 is 0 Å². The van der Waals surface area contributed by atoms with Crippen LogP contribution in [0.1, 0.15) is 13.8 Å². The van der Waals surface area contributed by atoms with Gasteiger partial charge < -0.3 is 0 Å². The first-order valence-corrected chi connectivity index (χ1v) is 4.39. The Morgan fingerprint density at radius 2 is 2.09 bits per heavy atom. The van der Waals surface area contributed by atoms with Gasteiger partial charge in [0, 0.05) is 0 Å². The van der Waals surface area contributed by atoms with Crippen LogP contribution in [-0.4, -0.2) is 4.57 Å². The van der Waals surface area contributed by atoms with E-state index in [1.807, 2.05) is 29.3 Å². The third-order valence-electron chi connectivity index (χ3n) is 1.63. The molecule has 0 bridgehead atoms. The number of hydrogen-bond acceptors (Lipinski definition) is 0. The minimum atomic E-state index is 0.621. The number of nitrogens with zero attached hydrogens (tertiary/aromatic N) is 2. The largest absolute Gasteiger partial charge is 0.255 e. The maximum Gasteiger partial charge on any atom is 0.255 e. The molecule has 0 saturated heterocycles. The lowest BCUT2D eigenvalue weighted by Gasteiger charge is -1.85. The molecule has 0 aliphatic rings. The van der Waals surface area contributed by atoms with Crippen molar-refractivity contribution in [2.24, 2.45) is 0 Å². The molecule has 0 saturated carbocycles. The highest BCUT2D eigenvalue weighted by molar-refractivity contribution is 6.39. The van der Waals surface area contributed by atoms with Crippen LogP contribution in [0.5, 0.6) is 0 Å². The van der Waals surface area contributed by atoms with E-state index in [0.717, 1.165) is 13.1 Å². The Morgan fingerprint density at radius 1 is 1.45 bits per heavy atom. The average molecular weight is 194 g/mol. The second kappa shape index (κ2) is 3.46. The molecule has 0 aliphatic carbocycles. The molecule has 0 radical (unpaired) electrons. The minimum absolute atomic E-state index is 0.621. The van der Waals surface area contributed by atoms with Gasteiger partial charge in [0.1, 0.15) is 0 Å². The molecule has 0 amide bonds. The molecule has 4 heteroatoms.